The van der Waals surface area contributed by atoms with Crippen LogP contribution >= 0.6 is 11.6 Å². The minimum atomic E-state index is -3.88. The Labute approximate surface area is 129 Å². The first kappa shape index (κ1) is 16.1. The van der Waals surface area contributed by atoms with Gasteiger partial charge in [0.05, 0.1) is 11.1 Å². The van der Waals surface area contributed by atoms with Gasteiger partial charge in [-0.15, -0.1) is 0 Å². The molecule has 6 nitrogen and oxygen atoms in total. The molecule has 1 aromatic rings. The van der Waals surface area contributed by atoms with E-state index >= 15 is 0 Å². The third kappa shape index (κ3) is 4.87. The lowest BCUT2D eigenvalue weighted by Crippen LogP contribution is -2.50. The second kappa shape index (κ2) is 7.11. The van der Waals surface area contributed by atoms with Crippen LogP contribution in [-0.2, 0) is 10.0 Å². The number of hydrogen-bond donors (Lipinski definition) is 3. The summed E-state index contributed by atoms with van der Waals surface area (Å²) in [6.07, 6.45) is 3.75. The molecular formula is C13H18ClN3O3S. The van der Waals surface area contributed by atoms with Gasteiger partial charge in [0.15, 0.2) is 0 Å². The van der Waals surface area contributed by atoms with Crippen LogP contribution in [0.1, 0.15) is 25.7 Å². The van der Waals surface area contributed by atoms with Gasteiger partial charge in [0.1, 0.15) is 0 Å². The minimum absolute atomic E-state index is 0.00382. The first-order valence-corrected chi connectivity index (χ1v) is 8.66. The second-order valence-corrected chi connectivity index (χ2v) is 7.01. The molecule has 8 heteroatoms. The maximum Gasteiger partial charge on any atom is 0.329 e. The summed E-state index contributed by atoms with van der Waals surface area (Å²) in [6.45, 7) is 0.814. The third-order valence-corrected chi connectivity index (χ3v) is 4.82. The lowest BCUT2D eigenvalue weighted by molar-refractivity contribution is 0.239. The largest absolute Gasteiger partial charge is 0.329 e. The average molecular weight is 332 g/mol. The molecule has 0 aliphatic carbocycles. The molecule has 2 rings (SSSR count). The van der Waals surface area contributed by atoms with Gasteiger partial charge in [-0.2, -0.15) is 0 Å². The molecule has 1 aliphatic heterocycles. The van der Waals surface area contributed by atoms with E-state index < -0.39 is 16.1 Å². The molecule has 0 bridgehead atoms. The molecule has 1 heterocycles. The van der Waals surface area contributed by atoms with Gasteiger partial charge < -0.3 is 5.32 Å². The van der Waals surface area contributed by atoms with E-state index in [4.69, 9.17) is 11.6 Å². The summed E-state index contributed by atoms with van der Waals surface area (Å²) in [4.78, 5) is 11.8. The van der Waals surface area contributed by atoms with Crippen molar-refractivity contribution >= 4 is 27.7 Å². The smallest absolute Gasteiger partial charge is 0.322 e. The highest BCUT2D eigenvalue weighted by molar-refractivity contribution is 7.90. The molecule has 3 N–H and O–H groups in total. The number of carbonyl (C=O) groups excluding carboxylic acids is 1. The van der Waals surface area contributed by atoms with Crippen molar-refractivity contribution in [2.75, 3.05) is 6.54 Å². The van der Waals surface area contributed by atoms with E-state index in [0.29, 0.717) is 5.02 Å². The van der Waals surface area contributed by atoms with Gasteiger partial charge in [-0.25, -0.2) is 17.9 Å². The molecule has 1 aromatic carbocycles. The van der Waals surface area contributed by atoms with E-state index in [9.17, 15) is 13.2 Å². The predicted octanol–water partition coefficient (Wildman–Crippen LogP) is 1.82. The molecule has 1 saturated heterocycles. The van der Waals surface area contributed by atoms with E-state index in [0.717, 1.165) is 32.2 Å². The fourth-order valence-corrected chi connectivity index (χ4v) is 3.18. The molecule has 2 amide bonds. The van der Waals surface area contributed by atoms with Gasteiger partial charge in [-0.3, -0.25) is 5.32 Å². The number of halogens is 1. The van der Waals surface area contributed by atoms with Crippen LogP contribution in [-0.4, -0.2) is 27.2 Å². The average Bonchev–Trinajstić information content (AvgIpc) is 2.67. The molecule has 0 radical (unpaired) electrons. The Hall–Kier alpha value is -1.31. The van der Waals surface area contributed by atoms with Crippen LogP contribution in [0.4, 0.5) is 4.79 Å². The van der Waals surface area contributed by atoms with Crippen LogP contribution in [0.15, 0.2) is 29.2 Å². The van der Waals surface area contributed by atoms with Gasteiger partial charge in [0.2, 0.25) is 0 Å². The van der Waals surface area contributed by atoms with Crippen molar-refractivity contribution in [2.24, 2.45) is 0 Å². The number of hydrogen-bond acceptors (Lipinski definition) is 4. The lowest BCUT2D eigenvalue weighted by Gasteiger charge is -2.18. The van der Waals surface area contributed by atoms with Crippen molar-refractivity contribution in [1.29, 1.82) is 0 Å². The van der Waals surface area contributed by atoms with Crippen LogP contribution in [0.2, 0.25) is 5.02 Å². The van der Waals surface area contributed by atoms with E-state index in [-0.39, 0.29) is 11.1 Å². The van der Waals surface area contributed by atoms with Crippen molar-refractivity contribution in [2.45, 2.75) is 36.7 Å². The topological polar surface area (TPSA) is 87.3 Å². The summed E-state index contributed by atoms with van der Waals surface area (Å²) in [6, 6.07) is 4.88. The SMILES string of the molecule is O=C(NC1CCCCCN1)NS(=O)(=O)c1ccc(Cl)cc1. The Balaban J connectivity index is 1.96. The van der Waals surface area contributed by atoms with Crippen molar-refractivity contribution in [1.82, 2.24) is 15.4 Å². The summed E-state index contributed by atoms with van der Waals surface area (Å²) in [5.41, 5.74) is 0. The number of sulfonamides is 1. The van der Waals surface area contributed by atoms with E-state index in [1.165, 1.54) is 24.3 Å². The van der Waals surface area contributed by atoms with Crippen LogP contribution in [0.3, 0.4) is 0 Å². The maximum absolute atomic E-state index is 12.0. The summed E-state index contributed by atoms with van der Waals surface area (Å²) in [5.74, 6) is 0. The fraction of sp³-hybridized carbons (Fsp3) is 0.462. The molecule has 1 atom stereocenters. The monoisotopic (exact) mass is 331 g/mol. The zero-order valence-electron chi connectivity index (χ0n) is 11.4. The Morgan fingerprint density at radius 2 is 1.90 bits per heavy atom. The normalized spacial score (nSPS) is 19.6. The predicted molar refractivity (Wildman–Crippen MR) is 80.6 cm³/mol. The van der Waals surface area contributed by atoms with E-state index in [1.807, 2.05) is 4.72 Å². The zero-order valence-corrected chi connectivity index (χ0v) is 13.0. The van der Waals surface area contributed by atoms with Crippen LogP contribution in [0, 0.1) is 0 Å². The highest BCUT2D eigenvalue weighted by Gasteiger charge is 2.20. The number of benzene rings is 1. The highest BCUT2D eigenvalue weighted by Crippen LogP contribution is 2.13. The molecule has 1 aliphatic rings. The van der Waals surface area contributed by atoms with E-state index in [1.54, 1.807) is 0 Å². The van der Waals surface area contributed by atoms with E-state index in [2.05, 4.69) is 10.6 Å². The van der Waals surface area contributed by atoms with Crippen LogP contribution < -0.4 is 15.4 Å². The summed E-state index contributed by atoms with van der Waals surface area (Å²) in [5, 5.41) is 6.22. The maximum atomic E-state index is 12.0. The molecule has 1 fully saturated rings. The summed E-state index contributed by atoms with van der Waals surface area (Å²) >= 11 is 5.71. The molecular weight excluding hydrogens is 314 g/mol. The minimum Gasteiger partial charge on any atom is -0.322 e. The fourth-order valence-electron chi connectivity index (χ4n) is 2.13. The summed E-state index contributed by atoms with van der Waals surface area (Å²) in [7, 11) is -3.88. The zero-order chi connectivity index (χ0) is 15.3. The third-order valence-electron chi connectivity index (χ3n) is 3.22. The molecule has 1 unspecified atom stereocenters. The van der Waals surface area contributed by atoms with Gasteiger partial charge in [-0.1, -0.05) is 24.4 Å². The quantitative estimate of drug-likeness (QED) is 0.788. The van der Waals surface area contributed by atoms with Crippen LogP contribution in [0.5, 0.6) is 0 Å². The van der Waals surface area contributed by atoms with Gasteiger partial charge >= 0.3 is 6.03 Å². The number of nitrogens with one attached hydrogen (secondary N) is 3. The first-order valence-electron chi connectivity index (χ1n) is 6.80. The highest BCUT2D eigenvalue weighted by atomic mass is 35.5. The Kier molecular flexibility index (Phi) is 5.44. The molecule has 0 aromatic heterocycles. The number of carbonyl (C=O) groups is 1. The molecule has 116 valence electrons. The van der Waals surface area contributed by atoms with Gasteiger partial charge in [0.25, 0.3) is 10.0 Å². The van der Waals surface area contributed by atoms with Crippen LogP contribution in [0.25, 0.3) is 0 Å². The van der Waals surface area contributed by atoms with Crippen molar-refractivity contribution in [3.8, 4) is 0 Å². The Bertz CT molecular complexity index is 581. The van der Waals surface area contributed by atoms with Gasteiger partial charge in [0, 0.05) is 5.02 Å². The molecule has 0 spiro atoms. The van der Waals surface area contributed by atoms with Crippen molar-refractivity contribution in [3.05, 3.63) is 29.3 Å². The molecule has 0 saturated carbocycles. The lowest BCUT2D eigenvalue weighted by atomic mass is 10.2. The number of urea groups is 1. The second-order valence-electron chi connectivity index (χ2n) is 4.89. The van der Waals surface area contributed by atoms with Crippen molar-refractivity contribution < 1.29 is 13.2 Å². The van der Waals surface area contributed by atoms with Gasteiger partial charge in [-0.05, 0) is 43.7 Å². The number of amides is 2. The Morgan fingerprint density at radius 3 is 2.62 bits per heavy atom. The molecule has 21 heavy (non-hydrogen) atoms. The Morgan fingerprint density at radius 1 is 1.19 bits per heavy atom. The number of rotatable bonds is 3. The summed E-state index contributed by atoms with van der Waals surface area (Å²) < 4.78 is 26.1. The standard InChI is InChI=1S/C13H18ClN3O3S/c14-10-5-7-11(8-6-10)21(19,20)17-13(18)16-12-4-2-1-3-9-15-12/h5-8,12,15H,1-4,9H2,(H2,16,17,18). The first-order chi connectivity index (χ1) is 9.97. The van der Waals surface area contributed by atoms with Crippen molar-refractivity contribution in [3.63, 3.8) is 0 Å².